The zero-order valence-electron chi connectivity index (χ0n) is 18.5. The average molecular weight is 424 g/mol. The van der Waals surface area contributed by atoms with Crippen LogP contribution < -0.4 is 19.5 Å². The van der Waals surface area contributed by atoms with Crippen LogP contribution in [0.25, 0.3) is 10.9 Å². The molecule has 2 aromatic carbocycles. The summed E-state index contributed by atoms with van der Waals surface area (Å²) in [6.45, 7) is 4.41. The first-order valence-corrected chi connectivity index (χ1v) is 10.5. The Balaban J connectivity index is 1.59. The summed E-state index contributed by atoms with van der Waals surface area (Å²) in [5, 5.41) is 4.28. The number of hydrogen-bond donors (Lipinski definition) is 1. The van der Waals surface area contributed by atoms with Gasteiger partial charge in [-0.3, -0.25) is 0 Å². The van der Waals surface area contributed by atoms with Crippen LogP contribution in [-0.4, -0.2) is 43.4 Å². The van der Waals surface area contributed by atoms with E-state index < -0.39 is 0 Å². The predicted octanol–water partition coefficient (Wildman–Crippen LogP) is 4.67. The van der Waals surface area contributed by atoms with Gasteiger partial charge in [-0.05, 0) is 30.0 Å². The third-order valence-electron chi connectivity index (χ3n) is 5.75. The molecule has 0 unspecified atom stereocenters. The zero-order valence-corrected chi connectivity index (χ0v) is 18.5. The summed E-state index contributed by atoms with van der Waals surface area (Å²) >= 11 is 0. The Kier molecular flexibility index (Phi) is 5.93. The average Bonchev–Trinajstić information content (AvgIpc) is 3.02. The van der Waals surface area contributed by atoms with Gasteiger partial charge in [0.15, 0.2) is 11.5 Å². The van der Waals surface area contributed by atoms with Crippen molar-refractivity contribution in [2.45, 2.75) is 32.9 Å². The van der Waals surface area contributed by atoms with Gasteiger partial charge in [0.05, 0.1) is 27.0 Å². The van der Waals surface area contributed by atoms with Crippen molar-refractivity contribution in [1.29, 1.82) is 0 Å². The normalized spacial score (nSPS) is 13.1. The molecule has 164 valence electrons. The summed E-state index contributed by atoms with van der Waals surface area (Å²) in [6.07, 6.45) is 4.17. The highest BCUT2D eigenvalue weighted by Crippen LogP contribution is 2.40. The van der Waals surface area contributed by atoms with E-state index in [1.807, 2.05) is 4.90 Å². The molecule has 2 heterocycles. The van der Waals surface area contributed by atoms with Gasteiger partial charge in [0.25, 0.3) is 0 Å². The second-order valence-electron chi connectivity index (χ2n) is 7.67. The zero-order chi connectivity index (χ0) is 22.0. The van der Waals surface area contributed by atoms with E-state index in [-0.39, 0.29) is 6.03 Å². The molecular formula is C24H29N3O4. The molecule has 0 bridgehead atoms. The van der Waals surface area contributed by atoms with Crippen molar-refractivity contribution in [3.63, 3.8) is 0 Å². The Morgan fingerprint density at radius 2 is 1.81 bits per heavy atom. The molecule has 1 aliphatic heterocycles. The molecule has 31 heavy (non-hydrogen) atoms. The first kappa shape index (κ1) is 20.9. The molecule has 0 radical (unpaired) electrons. The molecule has 0 atom stereocenters. The molecule has 7 nitrogen and oxygen atoms in total. The summed E-state index contributed by atoms with van der Waals surface area (Å²) in [5.41, 5.74) is 4.33. The predicted molar refractivity (Wildman–Crippen MR) is 121 cm³/mol. The molecule has 0 fully saturated rings. The Hall–Kier alpha value is -3.35. The maximum Gasteiger partial charge on any atom is 0.322 e. The van der Waals surface area contributed by atoms with Gasteiger partial charge in [-0.15, -0.1) is 0 Å². The second-order valence-corrected chi connectivity index (χ2v) is 7.67. The van der Waals surface area contributed by atoms with E-state index in [1.54, 1.807) is 33.5 Å². The maximum atomic E-state index is 13.1. The van der Waals surface area contributed by atoms with Crippen LogP contribution in [0.15, 0.2) is 36.5 Å². The fourth-order valence-corrected chi connectivity index (χ4v) is 4.34. The Morgan fingerprint density at radius 1 is 1.06 bits per heavy atom. The van der Waals surface area contributed by atoms with Crippen molar-refractivity contribution in [2.24, 2.45) is 0 Å². The largest absolute Gasteiger partial charge is 0.493 e. The number of urea groups is 1. The monoisotopic (exact) mass is 423 g/mol. The highest BCUT2D eigenvalue weighted by atomic mass is 16.5. The summed E-state index contributed by atoms with van der Waals surface area (Å²) in [6, 6.07) is 9.68. The van der Waals surface area contributed by atoms with E-state index in [0.29, 0.717) is 36.0 Å². The molecule has 1 aliphatic rings. The molecule has 0 saturated heterocycles. The Labute approximate surface area is 182 Å². The van der Waals surface area contributed by atoms with Crippen molar-refractivity contribution in [1.82, 2.24) is 9.47 Å². The number of methoxy groups -OCH3 is 3. The fraction of sp³-hybridized carbons (Fsp3) is 0.375. The molecule has 0 saturated carbocycles. The van der Waals surface area contributed by atoms with E-state index in [1.165, 1.54) is 22.0 Å². The van der Waals surface area contributed by atoms with Crippen molar-refractivity contribution in [2.75, 3.05) is 33.2 Å². The highest BCUT2D eigenvalue weighted by molar-refractivity contribution is 5.92. The lowest BCUT2D eigenvalue weighted by Crippen LogP contribution is -2.35. The van der Waals surface area contributed by atoms with E-state index >= 15 is 0 Å². The molecular weight excluding hydrogens is 394 g/mol. The van der Waals surface area contributed by atoms with Crippen molar-refractivity contribution in [3.05, 3.63) is 47.7 Å². The smallest absolute Gasteiger partial charge is 0.322 e. The molecule has 0 spiro atoms. The van der Waals surface area contributed by atoms with Gasteiger partial charge in [0.1, 0.15) is 0 Å². The summed E-state index contributed by atoms with van der Waals surface area (Å²) < 4.78 is 18.5. The summed E-state index contributed by atoms with van der Waals surface area (Å²) in [5.74, 6) is 1.49. The lowest BCUT2D eigenvalue weighted by atomic mass is 10.1. The Morgan fingerprint density at radius 3 is 2.45 bits per heavy atom. The number of carbonyl (C=O) groups is 1. The number of rotatable bonds is 6. The topological polar surface area (TPSA) is 65.0 Å². The van der Waals surface area contributed by atoms with Crippen molar-refractivity contribution in [3.8, 4) is 17.2 Å². The highest BCUT2D eigenvalue weighted by Gasteiger charge is 2.23. The second kappa shape index (κ2) is 8.79. The van der Waals surface area contributed by atoms with Crippen LogP contribution in [0.1, 0.15) is 24.5 Å². The molecule has 3 aromatic rings. The van der Waals surface area contributed by atoms with E-state index in [9.17, 15) is 4.79 Å². The number of nitrogens with zero attached hydrogens (tertiary/aromatic N) is 2. The minimum absolute atomic E-state index is 0.155. The number of hydrogen-bond acceptors (Lipinski definition) is 4. The van der Waals surface area contributed by atoms with Gasteiger partial charge >= 0.3 is 6.03 Å². The van der Waals surface area contributed by atoms with Gasteiger partial charge in [0, 0.05) is 48.9 Å². The third kappa shape index (κ3) is 3.87. The number of aryl methyl sites for hydroxylation is 1. The van der Waals surface area contributed by atoms with Crippen LogP contribution >= 0.6 is 0 Å². The molecule has 4 rings (SSSR count). The molecule has 7 heteroatoms. The minimum Gasteiger partial charge on any atom is -0.493 e. The van der Waals surface area contributed by atoms with Crippen LogP contribution in [0.5, 0.6) is 17.2 Å². The summed E-state index contributed by atoms with van der Waals surface area (Å²) in [4.78, 5) is 15.0. The maximum absolute atomic E-state index is 13.1. The molecule has 0 aliphatic carbocycles. The number of aromatic nitrogens is 1. The SMILES string of the molecule is CCCn1cc2c3c(cccc31)CN(C(=O)Nc1cc(OC)c(OC)c(OC)c1)CC2. The van der Waals surface area contributed by atoms with E-state index in [0.717, 1.165) is 19.4 Å². The standard InChI is InChI=1S/C24H29N3O4/c1-5-10-26-14-17-9-11-27(15-16-7-6-8-19(26)22(16)17)24(28)25-18-12-20(29-2)23(31-4)21(13-18)30-3/h6-8,12-14H,5,9-11,15H2,1-4H3,(H,25,28). The third-order valence-corrected chi connectivity index (χ3v) is 5.75. The van der Waals surface area contributed by atoms with Crippen LogP contribution in [0.3, 0.4) is 0 Å². The van der Waals surface area contributed by atoms with Crippen LogP contribution in [0, 0.1) is 0 Å². The van der Waals surface area contributed by atoms with Gasteiger partial charge < -0.3 is 29.0 Å². The first-order chi connectivity index (χ1) is 15.1. The van der Waals surface area contributed by atoms with Gasteiger partial charge in [-0.2, -0.15) is 0 Å². The Bertz CT molecular complexity index is 1080. The molecule has 2 amide bonds. The van der Waals surface area contributed by atoms with E-state index in [4.69, 9.17) is 14.2 Å². The lowest BCUT2D eigenvalue weighted by Gasteiger charge is -2.22. The number of carbonyl (C=O) groups excluding carboxylic acids is 1. The first-order valence-electron chi connectivity index (χ1n) is 10.5. The number of nitrogens with one attached hydrogen (secondary N) is 1. The number of ether oxygens (including phenoxy) is 3. The minimum atomic E-state index is -0.155. The number of anilines is 1. The summed E-state index contributed by atoms with van der Waals surface area (Å²) in [7, 11) is 4.67. The molecule has 1 N–H and O–H groups in total. The van der Waals surface area contributed by atoms with Crippen LogP contribution in [0.2, 0.25) is 0 Å². The van der Waals surface area contributed by atoms with Crippen LogP contribution in [0.4, 0.5) is 10.5 Å². The number of amides is 2. The van der Waals surface area contributed by atoms with Gasteiger partial charge in [-0.25, -0.2) is 4.79 Å². The molecule has 1 aromatic heterocycles. The van der Waals surface area contributed by atoms with Gasteiger partial charge in [-0.1, -0.05) is 19.1 Å². The van der Waals surface area contributed by atoms with Crippen molar-refractivity contribution < 1.29 is 19.0 Å². The van der Waals surface area contributed by atoms with Gasteiger partial charge in [0.2, 0.25) is 5.75 Å². The van der Waals surface area contributed by atoms with Crippen LogP contribution in [-0.2, 0) is 19.5 Å². The van der Waals surface area contributed by atoms with E-state index in [2.05, 4.69) is 41.2 Å². The number of benzene rings is 2. The lowest BCUT2D eigenvalue weighted by molar-refractivity contribution is 0.210. The van der Waals surface area contributed by atoms with Crippen molar-refractivity contribution >= 4 is 22.6 Å². The quantitative estimate of drug-likeness (QED) is 0.626. The fourth-order valence-electron chi connectivity index (χ4n) is 4.34.